The van der Waals surface area contributed by atoms with Gasteiger partial charge < -0.3 is 15.2 Å². The summed E-state index contributed by atoms with van der Waals surface area (Å²) in [6.07, 6.45) is 1.23. The number of halogens is 1. The van der Waals surface area contributed by atoms with Gasteiger partial charge in [0.05, 0.1) is 13.2 Å². The summed E-state index contributed by atoms with van der Waals surface area (Å²) in [5, 5.41) is 12.7. The van der Waals surface area contributed by atoms with Crippen LogP contribution in [0.25, 0.3) is 0 Å². The number of aliphatic hydroxyl groups excluding tert-OH is 1. The zero-order valence-corrected chi connectivity index (χ0v) is 11.2. The highest BCUT2D eigenvalue weighted by Crippen LogP contribution is 2.22. The fraction of sp³-hybridized carbons (Fsp3) is 0.571. The second kappa shape index (κ2) is 7.34. The highest BCUT2D eigenvalue weighted by molar-refractivity contribution is 5.31. The van der Waals surface area contributed by atoms with E-state index in [1.54, 1.807) is 12.1 Å². The molecule has 1 aromatic rings. The number of nitrogens with one attached hydrogen (secondary N) is 1. The van der Waals surface area contributed by atoms with Crippen molar-refractivity contribution in [2.24, 2.45) is 0 Å². The van der Waals surface area contributed by atoms with Crippen molar-refractivity contribution in [2.75, 3.05) is 13.7 Å². The zero-order valence-electron chi connectivity index (χ0n) is 11.2. The highest BCUT2D eigenvalue weighted by Gasteiger charge is 2.09. The van der Waals surface area contributed by atoms with Gasteiger partial charge in [-0.1, -0.05) is 13.0 Å². The quantitative estimate of drug-likeness (QED) is 0.787. The number of aliphatic hydroxyl groups is 1. The van der Waals surface area contributed by atoms with Gasteiger partial charge in [-0.15, -0.1) is 0 Å². The summed E-state index contributed by atoms with van der Waals surface area (Å²) in [4.78, 5) is 0. The molecule has 2 unspecified atom stereocenters. The van der Waals surface area contributed by atoms with E-state index in [2.05, 4.69) is 5.32 Å². The molecular formula is C14H22FNO2. The molecule has 2 atom stereocenters. The molecular weight excluding hydrogens is 233 g/mol. The van der Waals surface area contributed by atoms with Gasteiger partial charge in [0, 0.05) is 6.04 Å². The van der Waals surface area contributed by atoms with Crippen molar-refractivity contribution in [3.63, 3.8) is 0 Å². The number of rotatable bonds is 7. The molecule has 2 N–H and O–H groups in total. The average Bonchev–Trinajstić information content (AvgIpc) is 2.38. The molecule has 1 rings (SSSR count). The topological polar surface area (TPSA) is 41.5 Å². The lowest BCUT2D eigenvalue weighted by Gasteiger charge is -2.16. The maximum atomic E-state index is 13.3. The maximum absolute atomic E-state index is 13.3. The van der Waals surface area contributed by atoms with Crippen LogP contribution >= 0.6 is 0 Å². The fourth-order valence-electron chi connectivity index (χ4n) is 1.73. The zero-order chi connectivity index (χ0) is 13.5. The van der Waals surface area contributed by atoms with Crippen LogP contribution in [0.2, 0.25) is 0 Å². The molecule has 0 fully saturated rings. The Kier molecular flexibility index (Phi) is 6.09. The Morgan fingerprint density at radius 2 is 2.17 bits per heavy atom. The van der Waals surface area contributed by atoms with Crippen LogP contribution in [0.15, 0.2) is 18.2 Å². The maximum Gasteiger partial charge on any atom is 0.165 e. The van der Waals surface area contributed by atoms with Gasteiger partial charge in [-0.3, -0.25) is 0 Å². The molecule has 0 amide bonds. The molecule has 0 saturated carbocycles. The Labute approximate surface area is 108 Å². The van der Waals surface area contributed by atoms with Gasteiger partial charge in [0.2, 0.25) is 0 Å². The Balaban J connectivity index is 2.53. The predicted molar refractivity (Wildman–Crippen MR) is 70.3 cm³/mol. The second-order valence-corrected chi connectivity index (χ2v) is 4.42. The van der Waals surface area contributed by atoms with Crippen molar-refractivity contribution in [3.8, 4) is 5.75 Å². The fourth-order valence-corrected chi connectivity index (χ4v) is 1.73. The second-order valence-electron chi connectivity index (χ2n) is 4.42. The molecule has 0 heterocycles. The van der Waals surface area contributed by atoms with E-state index in [0.717, 1.165) is 24.9 Å². The number of benzene rings is 1. The summed E-state index contributed by atoms with van der Waals surface area (Å²) in [5.41, 5.74) is 0.972. The van der Waals surface area contributed by atoms with Crippen LogP contribution in [0.5, 0.6) is 5.75 Å². The molecule has 0 radical (unpaired) electrons. The SMILES string of the molecule is CCC(O)CCNC(C)c1ccc(F)c(OC)c1. The third-order valence-corrected chi connectivity index (χ3v) is 3.07. The monoisotopic (exact) mass is 255 g/mol. The standard InChI is InChI=1S/C14H22FNO2/c1-4-12(17)7-8-16-10(2)11-5-6-13(15)14(9-11)18-3/h5-6,9-10,12,16-17H,4,7-8H2,1-3H3. The van der Waals surface area contributed by atoms with Gasteiger partial charge in [-0.25, -0.2) is 4.39 Å². The molecule has 0 aliphatic rings. The van der Waals surface area contributed by atoms with Crippen LogP contribution < -0.4 is 10.1 Å². The first-order valence-electron chi connectivity index (χ1n) is 6.33. The third-order valence-electron chi connectivity index (χ3n) is 3.07. The summed E-state index contributed by atoms with van der Waals surface area (Å²) in [6.45, 7) is 4.69. The van der Waals surface area contributed by atoms with Crippen molar-refractivity contribution >= 4 is 0 Å². The molecule has 0 aromatic heterocycles. The van der Waals surface area contributed by atoms with Gasteiger partial charge in [-0.2, -0.15) is 0 Å². The molecule has 18 heavy (non-hydrogen) atoms. The van der Waals surface area contributed by atoms with E-state index in [0.29, 0.717) is 0 Å². The van der Waals surface area contributed by atoms with Crippen molar-refractivity contribution in [1.29, 1.82) is 0 Å². The Morgan fingerprint density at radius 3 is 2.78 bits per heavy atom. The van der Waals surface area contributed by atoms with Crippen LogP contribution in [0.4, 0.5) is 4.39 Å². The van der Waals surface area contributed by atoms with Crippen molar-refractivity contribution in [2.45, 2.75) is 38.8 Å². The summed E-state index contributed by atoms with van der Waals surface area (Å²) >= 11 is 0. The molecule has 0 aliphatic carbocycles. The normalized spacial score (nSPS) is 14.3. The van der Waals surface area contributed by atoms with Gasteiger partial charge >= 0.3 is 0 Å². The van der Waals surface area contributed by atoms with E-state index >= 15 is 0 Å². The minimum atomic E-state index is -0.352. The molecule has 1 aromatic carbocycles. The van der Waals surface area contributed by atoms with E-state index in [1.807, 2.05) is 13.8 Å². The average molecular weight is 255 g/mol. The number of hydrogen-bond donors (Lipinski definition) is 2. The summed E-state index contributed by atoms with van der Waals surface area (Å²) in [5.74, 6) is -0.0930. The predicted octanol–water partition coefficient (Wildman–Crippen LogP) is 2.65. The van der Waals surface area contributed by atoms with E-state index in [-0.39, 0.29) is 23.7 Å². The third kappa shape index (κ3) is 4.27. The molecule has 0 saturated heterocycles. The summed E-state index contributed by atoms with van der Waals surface area (Å²) in [6, 6.07) is 4.95. The smallest absolute Gasteiger partial charge is 0.165 e. The molecule has 3 nitrogen and oxygen atoms in total. The van der Waals surface area contributed by atoms with Crippen molar-refractivity contribution < 1.29 is 14.2 Å². The highest BCUT2D eigenvalue weighted by atomic mass is 19.1. The number of ether oxygens (including phenoxy) is 1. The van der Waals surface area contributed by atoms with Crippen molar-refractivity contribution in [1.82, 2.24) is 5.32 Å². The lowest BCUT2D eigenvalue weighted by molar-refractivity contribution is 0.159. The number of methoxy groups -OCH3 is 1. The first kappa shape index (κ1) is 14.9. The van der Waals surface area contributed by atoms with Gasteiger partial charge in [-0.05, 0) is 44.0 Å². The van der Waals surface area contributed by atoms with Crippen molar-refractivity contribution in [3.05, 3.63) is 29.6 Å². The van der Waals surface area contributed by atoms with Crippen LogP contribution in [-0.4, -0.2) is 24.9 Å². The Morgan fingerprint density at radius 1 is 1.44 bits per heavy atom. The first-order chi connectivity index (χ1) is 8.58. The summed E-state index contributed by atoms with van der Waals surface area (Å²) < 4.78 is 18.2. The van der Waals surface area contributed by atoms with Crippen LogP contribution in [-0.2, 0) is 0 Å². The molecule has 4 heteroatoms. The minimum Gasteiger partial charge on any atom is -0.494 e. The molecule has 0 bridgehead atoms. The van der Waals surface area contributed by atoms with Gasteiger partial charge in [0.1, 0.15) is 0 Å². The van der Waals surface area contributed by atoms with E-state index in [1.165, 1.54) is 13.2 Å². The van der Waals surface area contributed by atoms with Crippen LogP contribution in [0.1, 0.15) is 38.3 Å². The molecule has 102 valence electrons. The Hall–Kier alpha value is -1.13. The molecule has 0 aliphatic heterocycles. The minimum absolute atomic E-state index is 0.101. The first-order valence-corrected chi connectivity index (χ1v) is 6.33. The van der Waals surface area contributed by atoms with Crippen LogP contribution in [0, 0.1) is 5.82 Å². The van der Waals surface area contributed by atoms with E-state index < -0.39 is 0 Å². The van der Waals surface area contributed by atoms with E-state index in [9.17, 15) is 9.50 Å². The van der Waals surface area contributed by atoms with Crippen LogP contribution in [0.3, 0.4) is 0 Å². The van der Waals surface area contributed by atoms with E-state index in [4.69, 9.17) is 4.74 Å². The lowest BCUT2D eigenvalue weighted by atomic mass is 10.1. The Bertz CT molecular complexity index is 371. The largest absolute Gasteiger partial charge is 0.494 e. The number of hydrogen-bond acceptors (Lipinski definition) is 3. The lowest BCUT2D eigenvalue weighted by Crippen LogP contribution is -2.23. The van der Waals surface area contributed by atoms with Gasteiger partial charge in [0.25, 0.3) is 0 Å². The summed E-state index contributed by atoms with van der Waals surface area (Å²) in [7, 11) is 1.46. The van der Waals surface area contributed by atoms with Gasteiger partial charge in [0.15, 0.2) is 11.6 Å². The molecule has 0 spiro atoms.